The Morgan fingerprint density at radius 1 is 1.05 bits per heavy atom. The summed E-state index contributed by atoms with van der Waals surface area (Å²) in [6.45, 7) is 9.54. The molecule has 2 saturated carbocycles. The van der Waals surface area contributed by atoms with Gasteiger partial charge in [0.1, 0.15) is 23.7 Å². The van der Waals surface area contributed by atoms with Gasteiger partial charge in [-0.25, -0.2) is 18.0 Å². The monoisotopic (exact) mass is 845 g/mol. The van der Waals surface area contributed by atoms with Gasteiger partial charge in [0.25, 0.3) is 5.91 Å². The molecule has 0 aromatic heterocycles. The second-order valence-electron chi connectivity index (χ2n) is 16.8. The number of carbonyl (C=O) groups excluding carboxylic acids is 5. The lowest BCUT2D eigenvalue weighted by Gasteiger charge is -2.34. The van der Waals surface area contributed by atoms with E-state index in [1.54, 1.807) is 32.1 Å². The Kier molecular flexibility index (Phi) is 12.3. The van der Waals surface area contributed by atoms with Crippen LogP contribution < -0.4 is 20.7 Å². The Labute approximate surface area is 335 Å². The third kappa shape index (κ3) is 9.64. The fraction of sp³-hybridized carbons (Fsp3) is 0.658. The van der Waals surface area contributed by atoms with E-state index < -0.39 is 92.0 Å². The molecule has 57 heavy (non-hydrogen) atoms. The van der Waals surface area contributed by atoms with Gasteiger partial charge in [0.2, 0.25) is 27.4 Å². The first-order valence-electron chi connectivity index (χ1n) is 19.0. The van der Waals surface area contributed by atoms with Gasteiger partial charge >= 0.3 is 18.4 Å². The van der Waals surface area contributed by atoms with Crippen LogP contribution >= 0.6 is 11.6 Å². The highest BCUT2D eigenvalue weighted by Gasteiger charge is 2.63. The summed E-state index contributed by atoms with van der Waals surface area (Å²) in [6.07, 6.45) is -3.06. The Balaban J connectivity index is 1.47. The molecular weight excluding hydrogens is 795 g/mol. The number of halogens is 4. The number of alkyl carbamates (subject to hydrolysis) is 1. The summed E-state index contributed by atoms with van der Waals surface area (Å²) in [5, 5.41) is 7.86. The number of ether oxygens (including phenoxy) is 2. The predicted molar refractivity (Wildman–Crippen MR) is 203 cm³/mol. The van der Waals surface area contributed by atoms with Crippen LogP contribution in [0.5, 0.6) is 0 Å². The standard InChI is InChI=1S/C38H51ClF3N5O9S/c1-20-10-8-9-11-24-18-37(24,32(50)46-57(53,54)36(7)12-13-36)45-30(48)27-17-25(55-33(51)43-28-22(3)15-21(2)16-26(28)39)19-47(27)31(49)29(23(4)14-20)44-34(52)56-35(5,6)38(40,41)42/h9,11,15-16,20,23-25,27,29H,8,10,12-14,17-19H2,1-7H3,(H,43,51)(H,44,52)(H,45,48)(H,46,50). The minimum atomic E-state index is -4.94. The van der Waals surface area contributed by atoms with Gasteiger partial charge < -0.3 is 25.0 Å². The molecule has 7 unspecified atom stereocenters. The van der Waals surface area contributed by atoms with Gasteiger partial charge in [-0.2, -0.15) is 13.2 Å². The lowest BCUT2D eigenvalue weighted by molar-refractivity contribution is -0.244. The molecule has 5 amide bonds. The number of carbonyl (C=O) groups is 5. The highest BCUT2D eigenvalue weighted by molar-refractivity contribution is 7.91. The van der Waals surface area contributed by atoms with E-state index in [0.29, 0.717) is 51.5 Å². The number of amides is 5. The topological polar surface area (TPSA) is 189 Å². The first-order chi connectivity index (χ1) is 26.3. The van der Waals surface area contributed by atoms with Crippen LogP contribution in [0.2, 0.25) is 5.02 Å². The molecule has 1 aromatic carbocycles. The number of benzene rings is 1. The zero-order valence-corrected chi connectivity index (χ0v) is 34.5. The van der Waals surface area contributed by atoms with Crippen LogP contribution in [-0.2, 0) is 33.9 Å². The predicted octanol–water partition coefficient (Wildman–Crippen LogP) is 5.80. The van der Waals surface area contributed by atoms with Crippen molar-refractivity contribution in [2.24, 2.45) is 17.8 Å². The second kappa shape index (κ2) is 15.9. The van der Waals surface area contributed by atoms with Gasteiger partial charge in [0.15, 0.2) is 0 Å². The van der Waals surface area contributed by atoms with E-state index in [1.165, 1.54) is 6.92 Å². The third-order valence-corrected chi connectivity index (χ3v) is 13.9. The lowest BCUT2D eigenvalue weighted by Crippen LogP contribution is -2.59. The van der Waals surface area contributed by atoms with Crippen LogP contribution in [0.4, 0.5) is 28.4 Å². The normalized spacial score (nSPS) is 29.1. The molecule has 19 heteroatoms. The average Bonchev–Trinajstić information content (AvgIpc) is 3.96. The van der Waals surface area contributed by atoms with E-state index in [2.05, 4.69) is 20.7 Å². The van der Waals surface area contributed by atoms with E-state index in [0.717, 1.165) is 10.5 Å². The summed E-state index contributed by atoms with van der Waals surface area (Å²) >= 11 is 6.37. The van der Waals surface area contributed by atoms with Crippen molar-refractivity contribution < 1.29 is 55.0 Å². The zero-order valence-electron chi connectivity index (χ0n) is 33.0. The summed E-state index contributed by atoms with van der Waals surface area (Å²) < 4.78 is 78.7. The van der Waals surface area contributed by atoms with Gasteiger partial charge in [0.05, 0.1) is 22.0 Å². The molecule has 4 N–H and O–H groups in total. The maximum absolute atomic E-state index is 14.6. The number of anilines is 1. The Hall–Kier alpha value is -4.06. The zero-order chi connectivity index (χ0) is 42.5. The van der Waals surface area contributed by atoms with Crippen LogP contribution in [0.25, 0.3) is 0 Å². The number of aryl methyl sites for hydroxylation is 2. The smallest absolute Gasteiger partial charge is 0.427 e. The van der Waals surface area contributed by atoms with E-state index >= 15 is 0 Å². The number of nitrogens with one attached hydrogen (secondary N) is 4. The molecule has 2 heterocycles. The Morgan fingerprint density at radius 2 is 1.72 bits per heavy atom. The summed E-state index contributed by atoms with van der Waals surface area (Å²) in [4.78, 5) is 70.1. The SMILES string of the molecule is Cc1cc(C)c(NC(=O)OC2CC3C(=O)NC4(C(=O)NS(=O)(=O)C5(C)CC5)CC4C=CCCC(C)CC(C)C(NC(=O)OC(C)(C)C(F)(F)F)C(=O)N3C2)c(Cl)c1. The van der Waals surface area contributed by atoms with Crippen LogP contribution in [0.1, 0.15) is 90.7 Å². The van der Waals surface area contributed by atoms with E-state index in [-0.39, 0.29) is 36.0 Å². The van der Waals surface area contributed by atoms with Crippen molar-refractivity contribution in [3.8, 4) is 0 Å². The molecule has 2 aliphatic carbocycles. The molecule has 1 saturated heterocycles. The van der Waals surface area contributed by atoms with Crippen molar-refractivity contribution >= 4 is 57.2 Å². The molecule has 0 bridgehead atoms. The molecule has 4 aliphatic rings. The van der Waals surface area contributed by atoms with Crippen molar-refractivity contribution in [2.45, 2.75) is 134 Å². The van der Waals surface area contributed by atoms with Gasteiger partial charge in [-0.15, -0.1) is 0 Å². The number of rotatable bonds is 7. The highest BCUT2D eigenvalue weighted by Crippen LogP contribution is 2.47. The molecule has 1 aromatic rings. The second-order valence-corrected chi connectivity index (χ2v) is 19.4. The molecule has 316 valence electrons. The summed E-state index contributed by atoms with van der Waals surface area (Å²) in [5.41, 5.74) is -2.85. The largest absolute Gasteiger partial charge is 0.444 e. The fourth-order valence-electron chi connectivity index (χ4n) is 7.40. The molecule has 0 spiro atoms. The average molecular weight is 846 g/mol. The minimum absolute atomic E-state index is 0.0601. The number of hydrogen-bond acceptors (Lipinski definition) is 9. The van der Waals surface area contributed by atoms with Gasteiger partial charge in [-0.1, -0.05) is 43.7 Å². The number of allylic oxidation sites excluding steroid dienone is 1. The Morgan fingerprint density at radius 3 is 2.33 bits per heavy atom. The van der Waals surface area contributed by atoms with Gasteiger partial charge in [-0.05, 0) is 102 Å². The molecule has 2 aliphatic heterocycles. The van der Waals surface area contributed by atoms with Crippen LogP contribution in [0.15, 0.2) is 24.3 Å². The van der Waals surface area contributed by atoms with E-state index in [1.807, 2.05) is 19.9 Å². The molecule has 5 rings (SSSR count). The van der Waals surface area contributed by atoms with Crippen molar-refractivity contribution in [1.82, 2.24) is 20.3 Å². The Bertz CT molecular complexity index is 1920. The minimum Gasteiger partial charge on any atom is -0.444 e. The third-order valence-electron chi connectivity index (χ3n) is 11.5. The van der Waals surface area contributed by atoms with Gasteiger partial charge in [0, 0.05) is 12.3 Å². The maximum atomic E-state index is 14.6. The molecule has 0 radical (unpaired) electrons. The molecule has 7 atom stereocenters. The molecule has 3 fully saturated rings. The molecule has 14 nitrogen and oxygen atoms in total. The lowest BCUT2D eigenvalue weighted by atomic mass is 9.88. The molecular formula is C38H51ClF3N5O9S. The van der Waals surface area contributed by atoms with E-state index in [4.69, 9.17) is 21.1 Å². The van der Waals surface area contributed by atoms with Crippen molar-refractivity contribution in [2.75, 3.05) is 11.9 Å². The van der Waals surface area contributed by atoms with Gasteiger partial charge in [-0.3, -0.25) is 24.4 Å². The quantitative estimate of drug-likeness (QED) is 0.246. The van der Waals surface area contributed by atoms with Crippen molar-refractivity contribution in [3.63, 3.8) is 0 Å². The van der Waals surface area contributed by atoms with Crippen molar-refractivity contribution in [3.05, 3.63) is 40.4 Å². The number of fused-ring (bicyclic) bond motifs is 2. The van der Waals surface area contributed by atoms with Crippen molar-refractivity contribution in [1.29, 1.82) is 0 Å². The highest BCUT2D eigenvalue weighted by atomic mass is 35.5. The first kappa shape index (κ1) is 44.1. The van der Waals surface area contributed by atoms with Crippen LogP contribution in [0, 0.1) is 31.6 Å². The van der Waals surface area contributed by atoms with E-state index in [9.17, 15) is 45.6 Å². The summed E-state index contributed by atoms with van der Waals surface area (Å²) in [7, 11) is -4.10. The van der Waals surface area contributed by atoms with Crippen LogP contribution in [0.3, 0.4) is 0 Å². The number of alkyl halides is 3. The first-order valence-corrected chi connectivity index (χ1v) is 20.8. The van der Waals surface area contributed by atoms with Crippen LogP contribution in [-0.4, -0.2) is 90.0 Å². The number of hydrogen-bond donors (Lipinski definition) is 4. The number of sulfonamides is 1. The fourth-order valence-corrected chi connectivity index (χ4v) is 9.08. The summed E-state index contributed by atoms with van der Waals surface area (Å²) in [6, 6.07) is 0.485. The summed E-state index contributed by atoms with van der Waals surface area (Å²) in [5.74, 6) is -4.03. The maximum Gasteiger partial charge on any atom is 0.427 e. The number of nitrogens with zero attached hydrogens (tertiary/aromatic N) is 1.